The molecule has 0 bridgehead atoms. The molecule has 1 unspecified atom stereocenters. The minimum Gasteiger partial charge on any atom is -0.371 e. The van der Waals surface area contributed by atoms with E-state index in [2.05, 4.69) is 45.1 Å². The van der Waals surface area contributed by atoms with Gasteiger partial charge in [-0.05, 0) is 67.5 Å². The van der Waals surface area contributed by atoms with E-state index in [1.807, 2.05) is 54.6 Å². The molecule has 0 spiro atoms. The Kier molecular flexibility index (Phi) is 6.98. The molecular formula is C29H32N4O2. The highest BCUT2D eigenvalue weighted by Gasteiger charge is 2.26. The molecule has 1 fully saturated rings. The van der Waals surface area contributed by atoms with Crippen molar-refractivity contribution in [2.45, 2.75) is 44.2 Å². The van der Waals surface area contributed by atoms with Gasteiger partial charge in [-0.2, -0.15) is 0 Å². The van der Waals surface area contributed by atoms with Gasteiger partial charge in [0.25, 0.3) is 5.91 Å². The molecule has 6 nitrogen and oxygen atoms in total. The Balaban J connectivity index is 1.20. The maximum Gasteiger partial charge on any atom is 0.319 e. The summed E-state index contributed by atoms with van der Waals surface area (Å²) in [6.45, 7) is 1.57. The molecule has 180 valence electrons. The van der Waals surface area contributed by atoms with Crippen LogP contribution >= 0.6 is 0 Å². The first-order valence-electron chi connectivity index (χ1n) is 12.5. The monoisotopic (exact) mass is 468 g/mol. The number of carbonyl (C=O) groups excluding carboxylic acids is 2. The lowest BCUT2D eigenvalue weighted by Crippen LogP contribution is -2.46. The van der Waals surface area contributed by atoms with Crippen LogP contribution in [-0.2, 0) is 6.42 Å². The highest BCUT2D eigenvalue weighted by Crippen LogP contribution is 2.31. The average molecular weight is 469 g/mol. The van der Waals surface area contributed by atoms with Gasteiger partial charge >= 0.3 is 6.03 Å². The number of hydrogen-bond acceptors (Lipinski definition) is 3. The molecule has 35 heavy (non-hydrogen) atoms. The fourth-order valence-electron chi connectivity index (χ4n) is 5.22. The third kappa shape index (κ3) is 5.48. The van der Waals surface area contributed by atoms with E-state index in [0.29, 0.717) is 5.56 Å². The molecule has 1 atom stereocenters. The molecule has 5 rings (SSSR count). The summed E-state index contributed by atoms with van der Waals surface area (Å²) < 4.78 is 0. The smallest absolute Gasteiger partial charge is 0.319 e. The Bertz CT molecular complexity index is 1170. The molecule has 1 heterocycles. The van der Waals surface area contributed by atoms with Crippen molar-refractivity contribution in [3.05, 3.63) is 95.6 Å². The molecule has 3 aromatic carbocycles. The number of benzene rings is 3. The number of amides is 3. The molecule has 3 amide bonds. The summed E-state index contributed by atoms with van der Waals surface area (Å²) in [5.74, 6) is -0.0233. The maximum atomic E-state index is 13.4. The summed E-state index contributed by atoms with van der Waals surface area (Å²) in [6, 6.07) is 25.7. The van der Waals surface area contributed by atoms with Gasteiger partial charge in [0.2, 0.25) is 0 Å². The molecule has 1 aliphatic heterocycles. The molecule has 2 aliphatic rings. The number of aryl methyl sites for hydroxylation is 1. The number of nitrogens with zero attached hydrogens (tertiary/aromatic N) is 1. The van der Waals surface area contributed by atoms with E-state index >= 15 is 0 Å². The summed E-state index contributed by atoms with van der Waals surface area (Å²) >= 11 is 0. The maximum absolute atomic E-state index is 13.4. The Labute approximate surface area is 206 Å². The van der Waals surface area contributed by atoms with E-state index in [9.17, 15) is 9.59 Å². The number of anilines is 2. The number of rotatable bonds is 5. The molecular weight excluding hydrogens is 436 g/mol. The van der Waals surface area contributed by atoms with Gasteiger partial charge in [-0.1, -0.05) is 54.6 Å². The first kappa shape index (κ1) is 23.0. The summed E-state index contributed by atoms with van der Waals surface area (Å²) in [5.41, 5.74) is 5.03. The predicted octanol–water partition coefficient (Wildman–Crippen LogP) is 5.28. The second-order valence-corrected chi connectivity index (χ2v) is 9.36. The van der Waals surface area contributed by atoms with Gasteiger partial charge < -0.3 is 20.9 Å². The lowest BCUT2D eigenvalue weighted by atomic mass is 9.87. The number of piperidine rings is 1. The number of para-hydroxylation sites is 2. The van der Waals surface area contributed by atoms with Gasteiger partial charge in [0, 0.05) is 30.5 Å². The minimum absolute atomic E-state index is 0.0233. The fraction of sp³-hybridized carbons (Fsp3) is 0.310. The van der Waals surface area contributed by atoms with Crippen molar-refractivity contribution in [3.8, 4) is 0 Å². The van der Waals surface area contributed by atoms with Gasteiger partial charge in [0.05, 0.1) is 11.6 Å². The summed E-state index contributed by atoms with van der Waals surface area (Å²) in [6.07, 6.45) is 4.78. The molecule has 0 aromatic heterocycles. The topological polar surface area (TPSA) is 73.5 Å². The van der Waals surface area contributed by atoms with E-state index in [-0.39, 0.29) is 24.0 Å². The van der Waals surface area contributed by atoms with Crippen molar-refractivity contribution < 1.29 is 9.59 Å². The number of carbonyl (C=O) groups is 2. The summed E-state index contributed by atoms with van der Waals surface area (Å²) in [5, 5.41) is 9.27. The van der Waals surface area contributed by atoms with Crippen molar-refractivity contribution in [2.24, 2.45) is 0 Å². The Morgan fingerprint density at radius 2 is 1.49 bits per heavy atom. The van der Waals surface area contributed by atoms with Crippen molar-refractivity contribution in [1.82, 2.24) is 10.6 Å². The largest absolute Gasteiger partial charge is 0.371 e. The second kappa shape index (κ2) is 10.6. The second-order valence-electron chi connectivity index (χ2n) is 9.36. The lowest BCUT2D eigenvalue weighted by molar-refractivity contribution is 0.0933. The van der Waals surface area contributed by atoms with Gasteiger partial charge in [-0.3, -0.25) is 4.79 Å². The zero-order valence-electron chi connectivity index (χ0n) is 19.9. The first-order chi connectivity index (χ1) is 17.2. The molecule has 6 heteroatoms. The molecule has 0 saturated carbocycles. The van der Waals surface area contributed by atoms with Crippen LogP contribution in [0.1, 0.15) is 53.2 Å². The van der Waals surface area contributed by atoms with E-state index in [4.69, 9.17) is 0 Å². The van der Waals surface area contributed by atoms with Gasteiger partial charge in [-0.15, -0.1) is 0 Å². The van der Waals surface area contributed by atoms with E-state index in [1.54, 1.807) is 0 Å². The van der Waals surface area contributed by atoms with Crippen LogP contribution in [-0.4, -0.2) is 31.1 Å². The minimum atomic E-state index is -0.179. The van der Waals surface area contributed by atoms with Crippen LogP contribution in [0, 0.1) is 0 Å². The van der Waals surface area contributed by atoms with Crippen molar-refractivity contribution in [2.75, 3.05) is 23.3 Å². The fourth-order valence-corrected chi connectivity index (χ4v) is 5.22. The van der Waals surface area contributed by atoms with Crippen LogP contribution in [0.3, 0.4) is 0 Å². The summed E-state index contributed by atoms with van der Waals surface area (Å²) in [7, 11) is 0. The van der Waals surface area contributed by atoms with Crippen molar-refractivity contribution in [3.63, 3.8) is 0 Å². The molecule has 1 saturated heterocycles. The zero-order chi connectivity index (χ0) is 24.0. The third-order valence-corrected chi connectivity index (χ3v) is 7.03. The number of hydrogen-bond donors (Lipinski definition) is 3. The van der Waals surface area contributed by atoms with Crippen molar-refractivity contribution >= 4 is 23.3 Å². The van der Waals surface area contributed by atoms with Crippen LogP contribution in [0.15, 0.2) is 78.9 Å². The highest BCUT2D eigenvalue weighted by molar-refractivity contribution is 6.00. The van der Waals surface area contributed by atoms with Crippen LogP contribution in [0.5, 0.6) is 0 Å². The van der Waals surface area contributed by atoms with E-state index < -0.39 is 0 Å². The van der Waals surface area contributed by atoms with Gasteiger partial charge in [0.15, 0.2) is 0 Å². The average Bonchev–Trinajstić information content (AvgIpc) is 2.90. The SMILES string of the molecule is O=C(Nc1ccccc1)NC1CCN(c2ccccc2C(=O)NC2CCCc3ccccc32)CC1. The Morgan fingerprint density at radius 3 is 2.31 bits per heavy atom. The molecule has 3 N–H and O–H groups in total. The van der Waals surface area contributed by atoms with Gasteiger partial charge in [0.1, 0.15) is 0 Å². The lowest BCUT2D eigenvalue weighted by Gasteiger charge is -2.35. The standard InChI is InChI=1S/C29H32N4O2/c34-28(32-26-15-8-10-21-9-4-5-13-24(21)26)25-14-6-7-16-27(25)33-19-17-23(18-20-33)31-29(35)30-22-11-2-1-3-12-22/h1-7,9,11-14,16,23,26H,8,10,15,17-20H2,(H,32,34)(H2,30,31,35). The molecule has 3 aromatic rings. The molecule has 1 aliphatic carbocycles. The predicted molar refractivity (Wildman–Crippen MR) is 140 cm³/mol. The van der Waals surface area contributed by atoms with E-state index in [1.165, 1.54) is 11.1 Å². The van der Waals surface area contributed by atoms with Crippen LogP contribution in [0.2, 0.25) is 0 Å². The van der Waals surface area contributed by atoms with Crippen LogP contribution < -0.4 is 20.9 Å². The Hall–Kier alpha value is -3.80. The third-order valence-electron chi connectivity index (χ3n) is 7.03. The zero-order valence-corrected chi connectivity index (χ0v) is 19.9. The first-order valence-corrected chi connectivity index (χ1v) is 12.5. The normalized spacial score (nSPS) is 17.8. The van der Waals surface area contributed by atoms with Crippen LogP contribution in [0.4, 0.5) is 16.2 Å². The van der Waals surface area contributed by atoms with Crippen LogP contribution in [0.25, 0.3) is 0 Å². The number of nitrogens with one attached hydrogen (secondary N) is 3. The molecule has 0 radical (unpaired) electrons. The number of fused-ring (bicyclic) bond motifs is 1. The van der Waals surface area contributed by atoms with Gasteiger partial charge in [-0.25, -0.2) is 4.79 Å². The van der Waals surface area contributed by atoms with Crippen molar-refractivity contribution in [1.29, 1.82) is 0 Å². The Morgan fingerprint density at radius 1 is 0.771 bits per heavy atom. The number of urea groups is 1. The van der Waals surface area contributed by atoms with E-state index in [0.717, 1.165) is 56.6 Å². The highest BCUT2D eigenvalue weighted by atomic mass is 16.2. The summed E-state index contributed by atoms with van der Waals surface area (Å²) in [4.78, 5) is 28.0. The quantitative estimate of drug-likeness (QED) is 0.477.